The Bertz CT molecular complexity index is 410. The standard InChI is InChI=1S/C14H21NO4/c1-10(8-17-2)6-15-7-12(16)11-3-4-13-14(5-11)19-9-18-13/h3-5,10,12,15-16H,6-9H2,1-2H3. The zero-order valence-corrected chi connectivity index (χ0v) is 11.4. The van der Waals surface area contributed by atoms with Gasteiger partial charge in [-0.05, 0) is 23.6 Å². The molecule has 1 aromatic carbocycles. The largest absolute Gasteiger partial charge is 0.454 e. The molecule has 2 rings (SSSR count). The molecule has 1 aromatic rings. The van der Waals surface area contributed by atoms with Gasteiger partial charge in [-0.15, -0.1) is 0 Å². The first-order valence-electron chi connectivity index (χ1n) is 6.48. The Morgan fingerprint density at radius 1 is 1.32 bits per heavy atom. The van der Waals surface area contributed by atoms with E-state index in [1.54, 1.807) is 7.11 Å². The van der Waals surface area contributed by atoms with Crippen LogP contribution in [0.1, 0.15) is 18.6 Å². The van der Waals surface area contributed by atoms with E-state index in [1.807, 2.05) is 18.2 Å². The first-order valence-corrected chi connectivity index (χ1v) is 6.48. The number of aliphatic hydroxyl groups is 1. The number of fused-ring (bicyclic) bond motifs is 1. The van der Waals surface area contributed by atoms with Crippen LogP contribution in [0.3, 0.4) is 0 Å². The normalized spacial score (nSPS) is 16.4. The molecule has 0 amide bonds. The minimum absolute atomic E-state index is 0.252. The SMILES string of the molecule is COCC(C)CNCC(O)c1ccc2c(c1)OCO2. The predicted octanol–water partition coefficient (Wildman–Crippen LogP) is 1.32. The molecule has 0 radical (unpaired) electrons. The summed E-state index contributed by atoms with van der Waals surface area (Å²) in [6, 6.07) is 5.51. The topological polar surface area (TPSA) is 60.0 Å². The van der Waals surface area contributed by atoms with E-state index in [2.05, 4.69) is 12.2 Å². The average Bonchev–Trinajstić information content (AvgIpc) is 2.86. The molecule has 5 heteroatoms. The number of hydrogen-bond acceptors (Lipinski definition) is 5. The summed E-state index contributed by atoms with van der Waals surface area (Å²) in [6.45, 7) is 4.39. The first-order chi connectivity index (χ1) is 9.20. The number of methoxy groups -OCH3 is 1. The average molecular weight is 267 g/mol. The minimum atomic E-state index is -0.552. The highest BCUT2D eigenvalue weighted by atomic mass is 16.7. The molecule has 0 aromatic heterocycles. The van der Waals surface area contributed by atoms with E-state index in [0.717, 1.165) is 17.9 Å². The van der Waals surface area contributed by atoms with Crippen LogP contribution in [0, 0.1) is 5.92 Å². The van der Waals surface area contributed by atoms with Crippen LogP contribution >= 0.6 is 0 Å². The van der Waals surface area contributed by atoms with Crippen LogP contribution in [0.5, 0.6) is 11.5 Å². The number of aliphatic hydroxyl groups excluding tert-OH is 1. The van der Waals surface area contributed by atoms with Gasteiger partial charge >= 0.3 is 0 Å². The molecule has 5 nitrogen and oxygen atoms in total. The number of benzene rings is 1. The summed E-state index contributed by atoms with van der Waals surface area (Å²) in [5, 5.41) is 13.3. The van der Waals surface area contributed by atoms with Gasteiger partial charge in [0.2, 0.25) is 6.79 Å². The Balaban J connectivity index is 1.81. The molecule has 1 aliphatic heterocycles. The van der Waals surface area contributed by atoms with Crippen molar-refractivity contribution in [3.05, 3.63) is 23.8 Å². The zero-order chi connectivity index (χ0) is 13.7. The van der Waals surface area contributed by atoms with E-state index in [0.29, 0.717) is 24.8 Å². The Kier molecular flexibility index (Phi) is 5.01. The molecule has 2 N–H and O–H groups in total. The fraction of sp³-hybridized carbons (Fsp3) is 0.571. The molecule has 106 valence electrons. The lowest BCUT2D eigenvalue weighted by Crippen LogP contribution is -2.28. The van der Waals surface area contributed by atoms with Crippen molar-refractivity contribution in [3.8, 4) is 11.5 Å². The van der Waals surface area contributed by atoms with E-state index in [-0.39, 0.29) is 6.79 Å². The minimum Gasteiger partial charge on any atom is -0.454 e. The molecule has 0 fully saturated rings. The Morgan fingerprint density at radius 2 is 2.11 bits per heavy atom. The second-order valence-corrected chi connectivity index (χ2v) is 4.85. The first kappa shape index (κ1) is 14.1. The number of hydrogen-bond donors (Lipinski definition) is 2. The molecule has 0 saturated carbocycles. The highest BCUT2D eigenvalue weighted by molar-refractivity contribution is 5.45. The quantitative estimate of drug-likeness (QED) is 0.780. The van der Waals surface area contributed by atoms with Gasteiger partial charge in [0.1, 0.15) is 0 Å². The number of nitrogens with one attached hydrogen (secondary N) is 1. The molecule has 1 aliphatic rings. The van der Waals surface area contributed by atoms with Crippen molar-refractivity contribution in [3.63, 3.8) is 0 Å². The van der Waals surface area contributed by atoms with Crippen LogP contribution in [0.15, 0.2) is 18.2 Å². The summed E-state index contributed by atoms with van der Waals surface area (Å²) in [5.41, 5.74) is 0.830. The van der Waals surface area contributed by atoms with Gasteiger partial charge in [-0.1, -0.05) is 13.0 Å². The van der Waals surface area contributed by atoms with Crippen LogP contribution in [-0.2, 0) is 4.74 Å². The molecule has 1 heterocycles. The van der Waals surface area contributed by atoms with Crippen LogP contribution in [-0.4, -0.2) is 38.7 Å². The Morgan fingerprint density at radius 3 is 2.89 bits per heavy atom. The lowest BCUT2D eigenvalue weighted by atomic mass is 10.1. The third-order valence-corrected chi connectivity index (χ3v) is 3.06. The van der Waals surface area contributed by atoms with Gasteiger partial charge in [-0.2, -0.15) is 0 Å². The molecule has 2 unspecified atom stereocenters. The predicted molar refractivity (Wildman–Crippen MR) is 71.4 cm³/mol. The maximum Gasteiger partial charge on any atom is 0.231 e. The highest BCUT2D eigenvalue weighted by Gasteiger charge is 2.16. The summed E-state index contributed by atoms with van der Waals surface area (Å²) < 4.78 is 15.6. The maximum atomic E-state index is 10.1. The molecule has 0 bridgehead atoms. The van der Waals surface area contributed by atoms with E-state index in [9.17, 15) is 5.11 Å². The van der Waals surface area contributed by atoms with Crippen molar-refractivity contribution in [2.75, 3.05) is 33.6 Å². The van der Waals surface area contributed by atoms with Crippen molar-refractivity contribution in [2.45, 2.75) is 13.0 Å². The third-order valence-electron chi connectivity index (χ3n) is 3.06. The van der Waals surface area contributed by atoms with Crippen molar-refractivity contribution in [1.29, 1.82) is 0 Å². The Labute approximate surface area is 113 Å². The summed E-state index contributed by atoms with van der Waals surface area (Å²) in [6.07, 6.45) is -0.552. The van der Waals surface area contributed by atoms with Crippen LogP contribution in [0.4, 0.5) is 0 Å². The van der Waals surface area contributed by atoms with Crippen molar-refractivity contribution in [2.24, 2.45) is 5.92 Å². The summed E-state index contributed by atoms with van der Waals surface area (Å²) >= 11 is 0. The van der Waals surface area contributed by atoms with Gasteiger partial charge in [0.05, 0.1) is 6.10 Å². The lowest BCUT2D eigenvalue weighted by Gasteiger charge is -2.15. The van der Waals surface area contributed by atoms with E-state index < -0.39 is 6.10 Å². The van der Waals surface area contributed by atoms with E-state index in [1.165, 1.54) is 0 Å². The highest BCUT2D eigenvalue weighted by Crippen LogP contribution is 2.33. The fourth-order valence-corrected chi connectivity index (χ4v) is 2.05. The van der Waals surface area contributed by atoms with Gasteiger partial charge < -0.3 is 24.6 Å². The van der Waals surface area contributed by atoms with Gasteiger partial charge in [0.15, 0.2) is 11.5 Å². The lowest BCUT2D eigenvalue weighted by molar-refractivity contribution is 0.147. The van der Waals surface area contributed by atoms with Gasteiger partial charge in [-0.25, -0.2) is 0 Å². The molecule has 0 spiro atoms. The summed E-state index contributed by atoms with van der Waals surface area (Å²) in [4.78, 5) is 0. The van der Waals surface area contributed by atoms with Crippen molar-refractivity contribution < 1.29 is 19.3 Å². The summed E-state index contributed by atoms with van der Waals surface area (Å²) in [5.74, 6) is 1.86. The Hall–Kier alpha value is -1.30. The second kappa shape index (κ2) is 6.75. The molecule has 0 saturated heterocycles. The fourth-order valence-electron chi connectivity index (χ4n) is 2.05. The summed E-state index contributed by atoms with van der Waals surface area (Å²) in [7, 11) is 1.69. The van der Waals surface area contributed by atoms with Crippen LogP contribution < -0.4 is 14.8 Å². The molecule has 19 heavy (non-hydrogen) atoms. The van der Waals surface area contributed by atoms with Crippen molar-refractivity contribution >= 4 is 0 Å². The molecular weight excluding hydrogens is 246 g/mol. The molecular formula is C14H21NO4. The molecule has 2 atom stereocenters. The smallest absolute Gasteiger partial charge is 0.231 e. The van der Waals surface area contributed by atoms with Crippen LogP contribution in [0.25, 0.3) is 0 Å². The van der Waals surface area contributed by atoms with E-state index >= 15 is 0 Å². The van der Waals surface area contributed by atoms with Gasteiger partial charge in [0.25, 0.3) is 0 Å². The van der Waals surface area contributed by atoms with Gasteiger partial charge in [0, 0.05) is 26.8 Å². The third kappa shape index (κ3) is 3.83. The second-order valence-electron chi connectivity index (χ2n) is 4.85. The maximum absolute atomic E-state index is 10.1. The molecule has 0 aliphatic carbocycles. The van der Waals surface area contributed by atoms with Crippen molar-refractivity contribution in [1.82, 2.24) is 5.32 Å². The number of ether oxygens (including phenoxy) is 3. The van der Waals surface area contributed by atoms with E-state index in [4.69, 9.17) is 14.2 Å². The number of rotatable bonds is 7. The monoisotopic (exact) mass is 267 g/mol. The van der Waals surface area contributed by atoms with Crippen LogP contribution in [0.2, 0.25) is 0 Å². The van der Waals surface area contributed by atoms with Gasteiger partial charge in [-0.3, -0.25) is 0 Å². The zero-order valence-electron chi connectivity index (χ0n) is 11.4.